The molecule has 0 aliphatic heterocycles. The Labute approximate surface area is 92.5 Å². The highest BCUT2D eigenvalue weighted by Gasteiger charge is 1.94. The third-order valence-electron chi connectivity index (χ3n) is 1.62. The van der Waals surface area contributed by atoms with Crippen LogP contribution in [0.15, 0.2) is 46.6 Å². The Balaban J connectivity index is 4.64. The Hall–Kier alpha value is -0.890. The van der Waals surface area contributed by atoms with E-state index in [1.807, 2.05) is 38.2 Å². The molecule has 2 N–H and O–H groups in total. The molecule has 78 valence electrons. The summed E-state index contributed by atoms with van der Waals surface area (Å²) >= 11 is 4.39. The molecule has 0 spiro atoms. The molecular weight excluding hydrogens is 190 g/mol. The predicted octanol–water partition coefficient (Wildman–Crippen LogP) is 3.58. The molecule has 0 fully saturated rings. The highest BCUT2D eigenvalue weighted by atomic mass is 32.1. The van der Waals surface area contributed by atoms with Crippen LogP contribution in [0, 0.1) is 0 Å². The van der Waals surface area contributed by atoms with Crippen molar-refractivity contribution in [3.8, 4) is 0 Å². The molecule has 2 heteroatoms. The molecule has 0 heterocycles. The second kappa shape index (κ2) is 7.51. The van der Waals surface area contributed by atoms with Crippen LogP contribution in [0.5, 0.6) is 0 Å². The third-order valence-corrected chi connectivity index (χ3v) is 2.02. The molecule has 0 bridgehead atoms. The van der Waals surface area contributed by atoms with E-state index in [2.05, 4.69) is 25.6 Å². The first-order valence-corrected chi connectivity index (χ1v) is 5.22. The zero-order valence-corrected chi connectivity index (χ0v) is 10.0. The van der Waals surface area contributed by atoms with E-state index in [1.54, 1.807) is 0 Å². The number of nitrogens with two attached hydrogens (primary N) is 1. The first-order valence-electron chi connectivity index (χ1n) is 4.78. The van der Waals surface area contributed by atoms with Crippen molar-refractivity contribution < 1.29 is 0 Å². The molecule has 0 radical (unpaired) electrons. The van der Waals surface area contributed by atoms with Gasteiger partial charge < -0.3 is 5.73 Å². The van der Waals surface area contributed by atoms with Gasteiger partial charge in [0.1, 0.15) is 0 Å². The van der Waals surface area contributed by atoms with E-state index in [0.29, 0.717) is 0 Å². The van der Waals surface area contributed by atoms with E-state index in [0.717, 1.165) is 22.6 Å². The van der Waals surface area contributed by atoms with Crippen molar-refractivity contribution in [1.29, 1.82) is 0 Å². The lowest BCUT2D eigenvalue weighted by molar-refractivity contribution is 1.22. The summed E-state index contributed by atoms with van der Waals surface area (Å²) in [7, 11) is 0. The summed E-state index contributed by atoms with van der Waals surface area (Å²) in [6.07, 6.45) is 11.0. The van der Waals surface area contributed by atoms with Gasteiger partial charge in [0.15, 0.2) is 0 Å². The molecule has 0 amide bonds. The lowest BCUT2D eigenvalue weighted by Gasteiger charge is -2.00. The van der Waals surface area contributed by atoms with E-state index in [1.165, 1.54) is 0 Å². The average Bonchev–Trinajstić information content (AvgIpc) is 2.14. The number of hydrogen-bond donors (Lipinski definition) is 2. The van der Waals surface area contributed by atoms with Crippen LogP contribution in [0.1, 0.15) is 27.2 Å². The fraction of sp³-hybridized carbons (Fsp3) is 0.333. The summed E-state index contributed by atoms with van der Waals surface area (Å²) < 4.78 is 0. The van der Waals surface area contributed by atoms with Crippen molar-refractivity contribution >= 4 is 12.6 Å². The lowest BCUT2D eigenvalue weighted by Crippen LogP contribution is -1.91. The van der Waals surface area contributed by atoms with Crippen molar-refractivity contribution in [3.63, 3.8) is 0 Å². The van der Waals surface area contributed by atoms with Crippen LogP contribution >= 0.6 is 12.6 Å². The fourth-order valence-electron chi connectivity index (χ4n) is 0.942. The minimum Gasteiger partial charge on any atom is -0.402 e. The Bertz CT molecular complexity index is 279. The molecule has 0 aliphatic rings. The van der Waals surface area contributed by atoms with Crippen molar-refractivity contribution in [2.45, 2.75) is 27.2 Å². The monoisotopic (exact) mass is 209 g/mol. The number of thiol groups is 1. The Morgan fingerprint density at radius 2 is 2.07 bits per heavy atom. The van der Waals surface area contributed by atoms with Gasteiger partial charge in [-0.3, -0.25) is 0 Å². The van der Waals surface area contributed by atoms with Crippen LogP contribution in [0.2, 0.25) is 0 Å². The molecule has 0 atom stereocenters. The van der Waals surface area contributed by atoms with Gasteiger partial charge >= 0.3 is 0 Å². The van der Waals surface area contributed by atoms with E-state index in [9.17, 15) is 0 Å². The summed E-state index contributed by atoms with van der Waals surface area (Å²) in [6, 6.07) is 0. The van der Waals surface area contributed by atoms with Gasteiger partial charge in [-0.05, 0) is 38.0 Å². The molecule has 0 aromatic carbocycles. The van der Waals surface area contributed by atoms with Gasteiger partial charge in [0.2, 0.25) is 0 Å². The lowest BCUT2D eigenvalue weighted by atomic mass is 10.2. The Morgan fingerprint density at radius 1 is 1.43 bits per heavy atom. The minimum absolute atomic E-state index is 0.789. The summed E-state index contributed by atoms with van der Waals surface area (Å²) in [4.78, 5) is 0.932. The van der Waals surface area contributed by atoms with Crippen molar-refractivity contribution in [3.05, 3.63) is 46.6 Å². The van der Waals surface area contributed by atoms with Gasteiger partial charge in [-0.25, -0.2) is 0 Å². The summed E-state index contributed by atoms with van der Waals surface area (Å²) in [5, 5.41) is 0. The number of allylic oxidation sites excluding steroid dienone is 7. The second-order valence-electron chi connectivity index (χ2n) is 3.02. The predicted molar refractivity (Wildman–Crippen MR) is 68.2 cm³/mol. The quantitative estimate of drug-likeness (QED) is 0.537. The largest absolute Gasteiger partial charge is 0.402 e. The molecule has 0 aromatic rings. The van der Waals surface area contributed by atoms with E-state index in [-0.39, 0.29) is 0 Å². The van der Waals surface area contributed by atoms with Gasteiger partial charge in [0, 0.05) is 10.6 Å². The van der Waals surface area contributed by atoms with E-state index in [4.69, 9.17) is 5.73 Å². The van der Waals surface area contributed by atoms with Gasteiger partial charge in [-0.1, -0.05) is 25.2 Å². The molecule has 0 aliphatic carbocycles. The third kappa shape index (κ3) is 5.70. The molecule has 14 heavy (non-hydrogen) atoms. The maximum Gasteiger partial charge on any atom is 0.0110 e. The molecule has 0 rings (SSSR count). The smallest absolute Gasteiger partial charge is 0.0110 e. The van der Waals surface area contributed by atoms with Crippen LogP contribution in [0.4, 0.5) is 0 Å². The van der Waals surface area contributed by atoms with E-state index >= 15 is 0 Å². The van der Waals surface area contributed by atoms with Crippen molar-refractivity contribution in [2.75, 3.05) is 0 Å². The van der Waals surface area contributed by atoms with Gasteiger partial charge in [0.25, 0.3) is 0 Å². The van der Waals surface area contributed by atoms with Crippen molar-refractivity contribution in [1.82, 2.24) is 0 Å². The topological polar surface area (TPSA) is 26.0 Å². The SMILES string of the molecule is C/C=C(\C=C(\C)N)C(/S)=C/C=C/CC. The first kappa shape index (κ1) is 13.1. The number of rotatable bonds is 4. The molecule has 0 saturated carbocycles. The molecule has 0 unspecified atom stereocenters. The van der Waals surface area contributed by atoms with Crippen LogP contribution in [0.25, 0.3) is 0 Å². The first-order chi connectivity index (χ1) is 6.61. The maximum atomic E-state index is 5.60. The van der Waals surface area contributed by atoms with Gasteiger partial charge in [0.05, 0.1) is 0 Å². The van der Waals surface area contributed by atoms with Gasteiger partial charge in [-0.2, -0.15) is 0 Å². The van der Waals surface area contributed by atoms with Crippen LogP contribution in [0.3, 0.4) is 0 Å². The van der Waals surface area contributed by atoms with Crippen LogP contribution < -0.4 is 5.73 Å². The zero-order chi connectivity index (χ0) is 11.0. The normalized spacial score (nSPS) is 15.3. The number of hydrogen-bond acceptors (Lipinski definition) is 2. The molecule has 0 aromatic heterocycles. The Kier molecular flexibility index (Phi) is 7.03. The molecular formula is C12H19NS. The fourth-order valence-corrected chi connectivity index (χ4v) is 1.22. The minimum atomic E-state index is 0.789. The Morgan fingerprint density at radius 3 is 2.50 bits per heavy atom. The van der Waals surface area contributed by atoms with Gasteiger partial charge in [-0.15, -0.1) is 12.6 Å². The molecule has 1 nitrogen and oxygen atoms in total. The van der Waals surface area contributed by atoms with Crippen molar-refractivity contribution in [2.24, 2.45) is 5.73 Å². The van der Waals surface area contributed by atoms with Crippen LogP contribution in [-0.4, -0.2) is 0 Å². The highest BCUT2D eigenvalue weighted by molar-refractivity contribution is 7.84. The second-order valence-corrected chi connectivity index (χ2v) is 3.50. The summed E-state index contributed by atoms with van der Waals surface area (Å²) in [5.41, 5.74) is 7.44. The van der Waals surface area contributed by atoms with Crippen LogP contribution in [-0.2, 0) is 0 Å². The standard InChI is InChI=1S/C12H19NS/c1-4-6-7-8-12(14)11(5-2)9-10(3)13/h5-9,14H,4,13H2,1-3H3/b7-6+,10-9-,11-5+,12-8-. The van der Waals surface area contributed by atoms with E-state index < -0.39 is 0 Å². The summed E-state index contributed by atoms with van der Waals surface area (Å²) in [5.74, 6) is 0. The maximum absolute atomic E-state index is 5.60. The molecule has 0 saturated heterocycles. The zero-order valence-electron chi connectivity index (χ0n) is 9.12. The average molecular weight is 209 g/mol. The summed E-state index contributed by atoms with van der Waals surface area (Å²) in [6.45, 7) is 5.94. The highest BCUT2D eigenvalue weighted by Crippen LogP contribution is 2.16.